The average Bonchev–Trinajstić information content (AvgIpc) is 3.39. The second-order valence-electron chi connectivity index (χ2n) is 10.8. The molecule has 8 rings (SSSR count). The van der Waals surface area contributed by atoms with Crippen molar-refractivity contribution in [3.05, 3.63) is 60.3 Å². The van der Waals surface area contributed by atoms with Gasteiger partial charge in [0, 0.05) is 62.6 Å². The summed E-state index contributed by atoms with van der Waals surface area (Å²) in [6.45, 7) is 7.71. The Morgan fingerprint density at radius 1 is 1.07 bits per heavy atom. The summed E-state index contributed by atoms with van der Waals surface area (Å²) in [5.41, 5.74) is 5.05. The molecule has 0 aromatic carbocycles. The number of anilines is 1. The zero-order chi connectivity index (χ0) is 27.1. The standard InChI is InChI=1S/C29H34N8O3/c1-19-9-34-37-17-23(40-18-24-11-30-5-6-39-24)8-25(29(19)37)26-12-32-27(13-31-26)35-15-21-7-22(16-35)36(21)14-20-3-4-28(38-2)33-10-20/h3-4,8-10,12-13,17,21-22,24,30H,5-7,11,14-16,18H2,1-2H3. The molecule has 0 radical (unpaired) electrons. The highest BCUT2D eigenvalue weighted by Crippen LogP contribution is 2.36. The van der Waals surface area contributed by atoms with E-state index in [-0.39, 0.29) is 6.10 Å². The third kappa shape index (κ3) is 4.85. The maximum absolute atomic E-state index is 6.13. The lowest BCUT2D eigenvalue weighted by atomic mass is 9.87. The summed E-state index contributed by atoms with van der Waals surface area (Å²) in [5, 5.41) is 7.87. The van der Waals surface area contributed by atoms with Crippen LogP contribution in [0.1, 0.15) is 17.5 Å². The molecular weight excluding hydrogens is 508 g/mol. The number of hydrogen-bond donors (Lipinski definition) is 1. The fourth-order valence-electron chi connectivity index (χ4n) is 6.03. The lowest BCUT2D eigenvalue weighted by Crippen LogP contribution is -2.68. The van der Waals surface area contributed by atoms with Crippen molar-refractivity contribution in [1.29, 1.82) is 0 Å². The number of nitrogens with zero attached hydrogens (tertiary/aromatic N) is 7. The van der Waals surface area contributed by atoms with Crippen LogP contribution in [0.4, 0.5) is 5.82 Å². The summed E-state index contributed by atoms with van der Waals surface area (Å²) in [6, 6.07) is 7.08. The molecule has 4 aromatic rings. The van der Waals surface area contributed by atoms with Crippen LogP contribution in [-0.4, -0.2) is 94.2 Å². The van der Waals surface area contributed by atoms with Crippen molar-refractivity contribution < 1.29 is 14.2 Å². The molecule has 4 fully saturated rings. The number of hydrogen-bond acceptors (Lipinski definition) is 10. The Bertz CT molecular complexity index is 1460. The third-order valence-corrected chi connectivity index (χ3v) is 8.16. The van der Waals surface area contributed by atoms with Crippen LogP contribution >= 0.6 is 0 Å². The Labute approximate surface area is 233 Å². The van der Waals surface area contributed by atoms with Gasteiger partial charge in [0.2, 0.25) is 5.88 Å². The summed E-state index contributed by atoms with van der Waals surface area (Å²) < 4.78 is 19.0. The molecular formula is C29H34N8O3. The first-order valence-electron chi connectivity index (χ1n) is 13.9. The Kier molecular flexibility index (Phi) is 6.70. The molecule has 3 unspecified atom stereocenters. The van der Waals surface area contributed by atoms with E-state index in [2.05, 4.69) is 38.2 Å². The van der Waals surface area contributed by atoms with Crippen molar-refractivity contribution in [3.63, 3.8) is 0 Å². The molecule has 0 aliphatic carbocycles. The van der Waals surface area contributed by atoms with Crippen molar-refractivity contribution in [3.8, 4) is 22.9 Å². The first-order chi connectivity index (χ1) is 19.6. The number of nitrogens with one attached hydrogen (secondary N) is 1. The van der Waals surface area contributed by atoms with Gasteiger partial charge in [-0.25, -0.2) is 14.5 Å². The van der Waals surface area contributed by atoms with Crippen molar-refractivity contribution in [2.75, 3.05) is 51.4 Å². The molecule has 4 aliphatic heterocycles. The fourth-order valence-corrected chi connectivity index (χ4v) is 6.03. The SMILES string of the molecule is COc1ccc(CN2C3CC2CN(c2cnc(-c4cc(OCC5CNCCO5)cn5ncc(C)c45)cn2)C3)cn1. The Morgan fingerprint density at radius 3 is 2.70 bits per heavy atom. The zero-order valence-electron chi connectivity index (χ0n) is 22.9. The first kappa shape index (κ1) is 25.2. The minimum absolute atomic E-state index is 0.0332. The van der Waals surface area contributed by atoms with Crippen LogP contribution in [0.15, 0.2) is 49.2 Å². The maximum Gasteiger partial charge on any atom is 0.212 e. The predicted octanol–water partition coefficient (Wildman–Crippen LogP) is 2.33. The van der Waals surface area contributed by atoms with Gasteiger partial charge in [-0.15, -0.1) is 0 Å². The molecule has 1 N–H and O–H groups in total. The maximum atomic E-state index is 6.13. The molecule has 0 spiro atoms. The summed E-state index contributed by atoms with van der Waals surface area (Å²) >= 11 is 0. The minimum atomic E-state index is 0.0332. The largest absolute Gasteiger partial charge is 0.489 e. The van der Waals surface area contributed by atoms with E-state index in [1.54, 1.807) is 7.11 Å². The number of methoxy groups -OCH3 is 1. The molecule has 0 saturated carbocycles. The summed E-state index contributed by atoms with van der Waals surface area (Å²) in [7, 11) is 1.64. The second-order valence-corrected chi connectivity index (χ2v) is 10.8. The highest BCUT2D eigenvalue weighted by molar-refractivity contribution is 5.81. The molecule has 2 bridgehead atoms. The summed E-state index contributed by atoms with van der Waals surface area (Å²) in [5.74, 6) is 2.30. The normalized spacial score (nSPS) is 22.8. The number of aromatic nitrogens is 5. The van der Waals surface area contributed by atoms with Gasteiger partial charge in [0.15, 0.2) is 0 Å². The van der Waals surface area contributed by atoms with Crippen molar-refractivity contribution in [1.82, 2.24) is 34.8 Å². The van der Waals surface area contributed by atoms with Gasteiger partial charge < -0.3 is 24.4 Å². The van der Waals surface area contributed by atoms with Crippen LogP contribution in [0.3, 0.4) is 0 Å². The van der Waals surface area contributed by atoms with Gasteiger partial charge in [-0.1, -0.05) is 6.07 Å². The molecule has 40 heavy (non-hydrogen) atoms. The minimum Gasteiger partial charge on any atom is -0.489 e. The number of piperidine rings is 1. The summed E-state index contributed by atoms with van der Waals surface area (Å²) in [6.07, 6.45) is 10.7. The number of pyridine rings is 2. The van der Waals surface area contributed by atoms with E-state index in [0.29, 0.717) is 31.2 Å². The van der Waals surface area contributed by atoms with Gasteiger partial charge >= 0.3 is 0 Å². The van der Waals surface area contributed by atoms with E-state index < -0.39 is 0 Å². The van der Waals surface area contributed by atoms with E-state index in [4.69, 9.17) is 24.2 Å². The summed E-state index contributed by atoms with van der Waals surface area (Å²) in [4.78, 5) is 19.0. The number of ether oxygens (including phenoxy) is 3. The Morgan fingerprint density at radius 2 is 1.98 bits per heavy atom. The number of piperazine rings is 1. The van der Waals surface area contributed by atoms with Gasteiger partial charge in [-0.05, 0) is 30.5 Å². The van der Waals surface area contributed by atoms with Crippen molar-refractivity contribution in [2.24, 2.45) is 0 Å². The fraction of sp³-hybridized carbons (Fsp3) is 0.448. The number of fused-ring (bicyclic) bond motifs is 3. The van der Waals surface area contributed by atoms with E-state index >= 15 is 0 Å². The molecule has 4 aliphatic rings. The van der Waals surface area contributed by atoms with Crippen LogP contribution in [-0.2, 0) is 11.3 Å². The lowest BCUT2D eigenvalue weighted by Gasteiger charge is -2.56. The number of morpholine rings is 1. The van der Waals surface area contributed by atoms with Gasteiger partial charge in [0.25, 0.3) is 0 Å². The van der Waals surface area contributed by atoms with Gasteiger partial charge in [0.1, 0.15) is 24.3 Å². The van der Waals surface area contributed by atoms with E-state index in [0.717, 1.165) is 66.6 Å². The third-order valence-electron chi connectivity index (χ3n) is 8.16. The molecule has 3 atom stereocenters. The molecule has 11 nitrogen and oxygen atoms in total. The van der Waals surface area contributed by atoms with Gasteiger partial charge in [-0.3, -0.25) is 9.88 Å². The van der Waals surface area contributed by atoms with Crippen LogP contribution in [0.5, 0.6) is 11.6 Å². The zero-order valence-corrected chi connectivity index (χ0v) is 22.9. The molecule has 4 saturated heterocycles. The van der Waals surface area contributed by atoms with E-state index in [9.17, 15) is 0 Å². The van der Waals surface area contributed by atoms with Crippen LogP contribution in [0.2, 0.25) is 0 Å². The highest BCUT2D eigenvalue weighted by atomic mass is 16.5. The molecule has 208 valence electrons. The average molecular weight is 543 g/mol. The number of rotatable bonds is 8. The van der Waals surface area contributed by atoms with Crippen molar-refractivity contribution >= 4 is 11.3 Å². The number of aryl methyl sites for hydroxylation is 1. The second kappa shape index (κ2) is 10.6. The van der Waals surface area contributed by atoms with E-state index in [1.165, 1.54) is 12.0 Å². The van der Waals surface area contributed by atoms with Crippen LogP contribution < -0.4 is 19.7 Å². The van der Waals surface area contributed by atoms with Crippen LogP contribution in [0, 0.1) is 6.92 Å². The monoisotopic (exact) mass is 542 g/mol. The van der Waals surface area contributed by atoms with Crippen molar-refractivity contribution in [2.45, 2.75) is 38.1 Å². The van der Waals surface area contributed by atoms with Gasteiger partial charge in [0.05, 0.1) is 49.7 Å². The molecule has 8 heterocycles. The molecule has 11 heteroatoms. The highest BCUT2D eigenvalue weighted by Gasteiger charge is 2.44. The molecule has 4 aromatic heterocycles. The topological polar surface area (TPSA) is 102 Å². The smallest absolute Gasteiger partial charge is 0.212 e. The predicted molar refractivity (Wildman–Crippen MR) is 150 cm³/mol. The first-order valence-corrected chi connectivity index (χ1v) is 13.9. The van der Waals surface area contributed by atoms with Gasteiger partial charge in [-0.2, -0.15) is 5.10 Å². The van der Waals surface area contributed by atoms with Crippen LogP contribution in [0.25, 0.3) is 16.8 Å². The Balaban J connectivity index is 1.05. The quantitative estimate of drug-likeness (QED) is 0.357. The lowest BCUT2D eigenvalue weighted by molar-refractivity contribution is -0.00879. The molecule has 0 amide bonds. The van der Waals surface area contributed by atoms with E-state index in [1.807, 2.05) is 47.6 Å². The Hall–Kier alpha value is -3.80.